The van der Waals surface area contributed by atoms with E-state index >= 15 is 0 Å². The molecule has 1 aromatic carbocycles. The van der Waals surface area contributed by atoms with Crippen LogP contribution in [-0.4, -0.2) is 9.38 Å². The molecular formula is C23H29N3O. The second kappa shape index (κ2) is 7.65. The van der Waals surface area contributed by atoms with Crippen molar-refractivity contribution < 1.29 is 0 Å². The Labute approximate surface area is 161 Å². The van der Waals surface area contributed by atoms with Crippen molar-refractivity contribution in [3.8, 4) is 0 Å². The van der Waals surface area contributed by atoms with E-state index in [2.05, 4.69) is 69.2 Å². The molecule has 1 atom stereocenters. The van der Waals surface area contributed by atoms with Crippen LogP contribution in [0, 0.1) is 5.92 Å². The van der Waals surface area contributed by atoms with Crippen molar-refractivity contribution >= 4 is 5.65 Å². The van der Waals surface area contributed by atoms with Crippen LogP contribution in [0.25, 0.3) is 5.65 Å². The minimum atomic E-state index is -0.0481. The lowest BCUT2D eigenvalue weighted by atomic mass is 9.85. The molecule has 0 saturated heterocycles. The van der Waals surface area contributed by atoms with E-state index < -0.39 is 0 Å². The van der Waals surface area contributed by atoms with Gasteiger partial charge in [-0.3, -0.25) is 9.20 Å². The first kappa shape index (κ1) is 19.3. The van der Waals surface area contributed by atoms with Gasteiger partial charge in [0.2, 0.25) is 0 Å². The molecule has 0 aliphatic carbocycles. The van der Waals surface area contributed by atoms with Crippen molar-refractivity contribution in [3.63, 3.8) is 0 Å². The molecule has 2 aromatic heterocycles. The number of nitrogens with one attached hydrogen (secondary N) is 1. The Morgan fingerprint density at radius 2 is 1.78 bits per heavy atom. The van der Waals surface area contributed by atoms with Gasteiger partial charge in [0.05, 0.1) is 5.69 Å². The maximum Gasteiger partial charge on any atom is 0.258 e. The van der Waals surface area contributed by atoms with Gasteiger partial charge in [-0.25, -0.2) is 4.98 Å². The lowest BCUT2D eigenvalue weighted by molar-refractivity contribution is 0.408. The first-order chi connectivity index (χ1) is 12.8. The van der Waals surface area contributed by atoms with Crippen molar-refractivity contribution in [3.05, 3.63) is 81.9 Å². The molecule has 0 aliphatic rings. The molecule has 0 spiro atoms. The van der Waals surface area contributed by atoms with Gasteiger partial charge in [-0.15, -0.1) is 0 Å². The Morgan fingerprint density at radius 3 is 2.41 bits per heavy atom. The number of pyridine rings is 1. The van der Waals surface area contributed by atoms with Gasteiger partial charge < -0.3 is 5.32 Å². The summed E-state index contributed by atoms with van der Waals surface area (Å²) >= 11 is 0. The number of fused-ring (bicyclic) bond motifs is 1. The van der Waals surface area contributed by atoms with Crippen molar-refractivity contribution in [2.45, 2.75) is 52.6 Å². The molecule has 0 radical (unpaired) electrons. The fourth-order valence-electron chi connectivity index (χ4n) is 3.34. The molecule has 1 N–H and O–H groups in total. The van der Waals surface area contributed by atoms with Gasteiger partial charge in [-0.05, 0) is 34.6 Å². The third-order valence-electron chi connectivity index (χ3n) is 4.93. The van der Waals surface area contributed by atoms with Gasteiger partial charge >= 0.3 is 0 Å². The molecule has 4 heteroatoms. The van der Waals surface area contributed by atoms with Gasteiger partial charge in [0.1, 0.15) is 5.65 Å². The van der Waals surface area contributed by atoms with E-state index in [9.17, 15) is 4.79 Å². The fraction of sp³-hybridized carbons (Fsp3) is 0.391. The molecule has 0 saturated carbocycles. The normalized spacial score (nSPS) is 13.3. The first-order valence-corrected chi connectivity index (χ1v) is 9.57. The monoisotopic (exact) mass is 363 g/mol. The van der Waals surface area contributed by atoms with E-state index in [4.69, 9.17) is 0 Å². The predicted octanol–water partition coefficient (Wildman–Crippen LogP) is 4.48. The zero-order chi connectivity index (χ0) is 19.6. The lowest BCUT2D eigenvalue weighted by Crippen LogP contribution is -2.27. The molecule has 0 amide bonds. The van der Waals surface area contributed by atoms with Crippen molar-refractivity contribution in [1.29, 1.82) is 0 Å². The number of benzene rings is 1. The summed E-state index contributed by atoms with van der Waals surface area (Å²) in [6, 6.07) is 16.3. The molecule has 3 rings (SSSR count). The minimum Gasteiger partial charge on any atom is -0.304 e. The molecule has 3 aromatic rings. The summed E-state index contributed by atoms with van der Waals surface area (Å²) in [5.74, 6) is 0.423. The number of nitrogens with zero attached hydrogens (tertiary/aromatic N) is 2. The van der Waals surface area contributed by atoms with E-state index in [0.717, 1.165) is 5.69 Å². The summed E-state index contributed by atoms with van der Waals surface area (Å²) in [5, 5.41) is 3.59. The molecule has 4 nitrogen and oxygen atoms in total. The van der Waals surface area contributed by atoms with E-state index in [-0.39, 0.29) is 17.0 Å². The van der Waals surface area contributed by atoms with Gasteiger partial charge in [0.15, 0.2) is 0 Å². The number of hydrogen-bond donors (Lipinski definition) is 1. The van der Waals surface area contributed by atoms with Gasteiger partial charge in [0, 0.05) is 24.8 Å². The Kier molecular flexibility index (Phi) is 5.47. The summed E-state index contributed by atoms with van der Waals surface area (Å²) in [7, 11) is 0. The highest BCUT2D eigenvalue weighted by Gasteiger charge is 2.18. The average molecular weight is 364 g/mol. The SMILES string of the molecule is CC(C)C(NCc1cc(=O)n2ccccc2n1)c1ccc(C(C)(C)C)cc1. The van der Waals surface area contributed by atoms with Crippen LogP contribution in [0.4, 0.5) is 0 Å². The molecule has 0 bridgehead atoms. The molecule has 2 heterocycles. The molecule has 0 aliphatic heterocycles. The zero-order valence-corrected chi connectivity index (χ0v) is 16.9. The Bertz CT molecular complexity index is 965. The first-order valence-electron chi connectivity index (χ1n) is 9.57. The number of aromatic nitrogens is 2. The fourth-order valence-corrected chi connectivity index (χ4v) is 3.34. The summed E-state index contributed by atoms with van der Waals surface area (Å²) in [4.78, 5) is 16.9. The van der Waals surface area contributed by atoms with Crippen molar-refractivity contribution in [2.75, 3.05) is 0 Å². The molecular weight excluding hydrogens is 334 g/mol. The van der Waals surface area contributed by atoms with Crippen LogP contribution >= 0.6 is 0 Å². The molecule has 27 heavy (non-hydrogen) atoms. The maximum atomic E-state index is 12.3. The van der Waals surface area contributed by atoms with Crippen LogP contribution in [0.2, 0.25) is 0 Å². The van der Waals surface area contributed by atoms with Crippen molar-refractivity contribution in [2.24, 2.45) is 5.92 Å². The molecule has 142 valence electrons. The molecule has 1 unspecified atom stereocenters. The maximum absolute atomic E-state index is 12.3. The van der Waals surface area contributed by atoms with Crippen LogP contribution in [0.15, 0.2) is 59.5 Å². The van der Waals surface area contributed by atoms with E-state index in [1.807, 2.05) is 18.2 Å². The Hall–Kier alpha value is -2.46. The van der Waals surface area contributed by atoms with Gasteiger partial charge in [0.25, 0.3) is 5.56 Å². The predicted molar refractivity (Wildman–Crippen MR) is 111 cm³/mol. The smallest absolute Gasteiger partial charge is 0.258 e. The van der Waals surface area contributed by atoms with Crippen LogP contribution in [0.3, 0.4) is 0 Å². The van der Waals surface area contributed by atoms with Crippen LogP contribution in [0.1, 0.15) is 57.5 Å². The van der Waals surface area contributed by atoms with E-state index in [1.165, 1.54) is 11.1 Å². The van der Waals surface area contributed by atoms with Crippen molar-refractivity contribution in [1.82, 2.24) is 14.7 Å². The van der Waals surface area contributed by atoms with Gasteiger partial charge in [-0.1, -0.05) is 65.0 Å². The highest BCUT2D eigenvalue weighted by atomic mass is 16.1. The van der Waals surface area contributed by atoms with Crippen LogP contribution in [-0.2, 0) is 12.0 Å². The highest BCUT2D eigenvalue weighted by molar-refractivity contribution is 5.38. The third kappa shape index (κ3) is 4.45. The van der Waals surface area contributed by atoms with Gasteiger partial charge in [-0.2, -0.15) is 0 Å². The minimum absolute atomic E-state index is 0.0481. The largest absolute Gasteiger partial charge is 0.304 e. The third-order valence-corrected chi connectivity index (χ3v) is 4.93. The summed E-state index contributed by atoms with van der Waals surface area (Å²) < 4.78 is 1.56. The van der Waals surface area contributed by atoms with Crippen LogP contribution < -0.4 is 10.9 Å². The average Bonchev–Trinajstić information content (AvgIpc) is 2.61. The summed E-state index contributed by atoms with van der Waals surface area (Å²) in [6.45, 7) is 11.7. The topological polar surface area (TPSA) is 46.4 Å². The van der Waals surface area contributed by atoms with E-state index in [1.54, 1.807) is 16.7 Å². The quantitative estimate of drug-likeness (QED) is 0.727. The lowest BCUT2D eigenvalue weighted by Gasteiger charge is -2.25. The number of rotatable bonds is 5. The Balaban J connectivity index is 1.80. The second-order valence-corrected chi connectivity index (χ2v) is 8.49. The molecule has 0 fully saturated rings. The standard InChI is InChI=1S/C23H29N3O/c1-16(2)22(17-9-11-18(12-10-17)23(3,4)5)24-15-19-14-21(27)26-13-7-6-8-20(26)25-19/h6-14,16,22,24H,15H2,1-5H3. The van der Waals surface area contributed by atoms with Crippen LogP contribution in [0.5, 0.6) is 0 Å². The van der Waals surface area contributed by atoms with E-state index in [0.29, 0.717) is 18.1 Å². The second-order valence-electron chi connectivity index (χ2n) is 8.49. The number of hydrogen-bond acceptors (Lipinski definition) is 3. The Morgan fingerprint density at radius 1 is 1.07 bits per heavy atom. The highest BCUT2D eigenvalue weighted by Crippen LogP contribution is 2.27. The zero-order valence-electron chi connectivity index (χ0n) is 16.9. The summed E-state index contributed by atoms with van der Waals surface area (Å²) in [5.41, 5.74) is 4.14. The summed E-state index contributed by atoms with van der Waals surface area (Å²) in [6.07, 6.45) is 1.75.